The third-order valence-electron chi connectivity index (χ3n) is 3.47. The Hall–Kier alpha value is -2.99. The van der Waals surface area contributed by atoms with Gasteiger partial charge in [-0.2, -0.15) is 5.10 Å². The highest BCUT2D eigenvalue weighted by Gasteiger charge is 2.21. The molecule has 6 heteroatoms. The Balaban J connectivity index is 2.01. The topological polar surface area (TPSA) is 79.4 Å². The molecule has 0 radical (unpaired) electrons. The zero-order valence-electron chi connectivity index (χ0n) is 11.1. The number of anilines is 3. The predicted molar refractivity (Wildman–Crippen MR) is 83.5 cm³/mol. The Morgan fingerprint density at radius 1 is 0.952 bits per heavy atom. The highest BCUT2D eigenvalue weighted by Crippen LogP contribution is 2.36. The van der Waals surface area contributed by atoms with Crippen molar-refractivity contribution in [2.24, 2.45) is 10.9 Å². The zero-order valence-corrected chi connectivity index (χ0v) is 11.1. The first-order valence-corrected chi connectivity index (χ1v) is 6.53. The fraction of sp³-hybridized carbons (Fsp3) is 0. The summed E-state index contributed by atoms with van der Waals surface area (Å²) in [6.07, 6.45) is 1.82. The van der Waals surface area contributed by atoms with E-state index in [9.17, 15) is 0 Å². The summed E-state index contributed by atoms with van der Waals surface area (Å²) in [6, 6.07) is 15.8. The maximum Gasteiger partial charge on any atom is 0.184 e. The van der Waals surface area contributed by atoms with Crippen LogP contribution in [0, 0.1) is 0 Å². The van der Waals surface area contributed by atoms with Gasteiger partial charge in [0.1, 0.15) is 0 Å². The first kappa shape index (κ1) is 11.8. The van der Waals surface area contributed by atoms with Crippen LogP contribution in [0.4, 0.5) is 17.3 Å². The van der Waals surface area contributed by atoms with E-state index >= 15 is 0 Å². The number of rotatable bonds is 2. The van der Waals surface area contributed by atoms with Crippen LogP contribution in [0.15, 0.2) is 53.6 Å². The van der Waals surface area contributed by atoms with Crippen LogP contribution in [-0.2, 0) is 0 Å². The minimum Gasteiger partial charge on any atom is -0.306 e. The van der Waals surface area contributed by atoms with Gasteiger partial charge in [-0.1, -0.05) is 36.4 Å². The summed E-state index contributed by atoms with van der Waals surface area (Å²) in [7, 11) is 0. The van der Waals surface area contributed by atoms with E-state index in [-0.39, 0.29) is 0 Å². The van der Waals surface area contributed by atoms with Crippen molar-refractivity contribution in [1.29, 1.82) is 0 Å². The molecule has 4 rings (SSSR count). The Morgan fingerprint density at radius 3 is 2.62 bits per heavy atom. The molecular formula is C15H12N6. The van der Waals surface area contributed by atoms with Gasteiger partial charge in [-0.25, -0.2) is 10.9 Å². The number of nitrogen functional groups attached to an aromatic ring is 1. The summed E-state index contributed by atoms with van der Waals surface area (Å²) in [6.45, 7) is 0. The van der Waals surface area contributed by atoms with Crippen LogP contribution in [0.25, 0.3) is 10.8 Å². The number of benzene rings is 2. The zero-order chi connectivity index (χ0) is 14.2. The second kappa shape index (κ2) is 4.53. The first-order chi connectivity index (χ1) is 10.4. The predicted octanol–water partition coefficient (Wildman–Crippen LogP) is 2.40. The number of para-hydroxylation sites is 1. The SMILES string of the molecule is NNc1nnc2c3c(cccc13)C=NN2c1ccccc1. The molecule has 0 saturated heterocycles. The van der Waals surface area contributed by atoms with Gasteiger partial charge < -0.3 is 5.43 Å². The van der Waals surface area contributed by atoms with Gasteiger partial charge in [-0.15, -0.1) is 10.2 Å². The van der Waals surface area contributed by atoms with Gasteiger partial charge in [-0.3, -0.25) is 0 Å². The summed E-state index contributed by atoms with van der Waals surface area (Å²) < 4.78 is 0. The lowest BCUT2D eigenvalue weighted by Crippen LogP contribution is -2.18. The molecule has 1 aliphatic heterocycles. The molecule has 3 N–H and O–H groups in total. The van der Waals surface area contributed by atoms with Crippen molar-refractivity contribution < 1.29 is 0 Å². The number of nitrogens with one attached hydrogen (secondary N) is 1. The third-order valence-corrected chi connectivity index (χ3v) is 3.47. The van der Waals surface area contributed by atoms with Gasteiger partial charge in [0.15, 0.2) is 11.6 Å². The lowest BCUT2D eigenvalue weighted by atomic mass is 10.1. The first-order valence-electron chi connectivity index (χ1n) is 6.53. The van der Waals surface area contributed by atoms with E-state index < -0.39 is 0 Å². The van der Waals surface area contributed by atoms with Gasteiger partial charge >= 0.3 is 0 Å². The lowest BCUT2D eigenvalue weighted by molar-refractivity contribution is 0.963. The van der Waals surface area contributed by atoms with E-state index in [4.69, 9.17) is 5.84 Å². The third kappa shape index (κ3) is 1.73. The van der Waals surface area contributed by atoms with Crippen LogP contribution >= 0.6 is 0 Å². The fourth-order valence-corrected chi connectivity index (χ4v) is 2.51. The van der Waals surface area contributed by atoms with E-state index in [0.29, 0.717) is 11.6 Å². The quantitative estimate of drug-likeness (QED) is 0.555. The van der Waals surface area contributed by atoms with Crippen LogP contribution in [0.3, 0.4) is 0 Å². The molecule has 2 aromatic carbocycles. The average Bonchev–Trinajstić information content (AvgIpc) is 2.56. The van der Waals surface area contributed by atoms with Crippen LogP contribution in [0.5, 0.6) is 0 Å². The smallest absolute Gasteiger partial charge is 0.184 e. The van der Waals surface area contributed by atoms with Crippen LogP contribution in [0.1, 0.15) is 5.56 Å². The number of hydrogen-bond acceptors (Lipinski definition) is 6. The Bertz CT molecular complexity index is 843. The molecule has 1 aromatic heterocycles. The van der Waals surface area contributed by atoms with Gasteiger partial charge in [0.2, 0.25) is 0 Å². The largest absolute Gasteiger partial charge is 0.306 e. The minimum atomic E-state index is 0.555. The van der Waals surface area contributed by atoms with Crippen molar-refractivity contribution in [1.82, 2.24) is 10.2 Å². The average molecular weight is 276 g/mol. The second-order valence-corrected chi connectivity index (χ2v) is 4.68. The maximum atomic E-state index is 5.52. The number of nitrogens with zero attached hydrogens (tertiary/aromatic N) is 4. The van der Waals surface area contributed by atoms with Crippen molar-refractivity contribution in [2.75, 3.05) is 10.4 Å². The Kier molecular flexibility index (Phi) is 2.55. The Labute approximate surface area is 120 Å². The fourth-order valence-electron chi connectivity index (χ4n) is 2.51. The van der Waals surface area contributed by atoms with E-state index in [1.807, 2.05) is 54.7 Å². The number of hydrogen-bond donors (Lipinski definition) is 2. The molecule has 0 fully saturated rings. The summed E-state index contributed by atoms with van der Waals surface area (Å²) >= 11 is 0. The summed E-state index contributed by atoms with van der Waals surface area (Å²) in [5.74, 6) is 6.78. The minimum absolute atomic E-state index is 0.555. The van der Waals surface area contributed by atoms with E-state index in [1.165, 1.54) is 0 Å². The molecule has 0 unspecified atom stereocenters. The molecule has 2 heterocycles. The van der Waals surface area contributed by atoms with Crippen LogP contribution in [-0.4, -0.2) is 16.4 Å². The molecule has 0 atom stereocenters. The van der Waals surface area contributed by atoms with Crippen molar-refractivity contribution in [3.63, 3.8) is 0 Å². The standard InChI is InChI=1S/C15H12N6/c16-18-14-12-8-4-5-10-9-17-21(11-6-2-1-3-7-11)15(13(10)12)20-19-14/h1-9H,16H2,(H,18,19). The molecule has 102 valence electrons. The number of aromatic nitrogens is 2. The van der Waals surface area contributed by atoms with Crippen LogP contribution in [0.2, 0.25) is 0 Å². The van der Waals surface area contributed by atoms with E-state index in [1.54, 1.807) is 5.01 Å². The highest BCUT2D eigenvalue weighted by molar-refractivity contribution is 6.11. The highest BCUT2D eigenvalue weighted by atomic mass is 15.5. The molecule has 21 heavy (non-hydrogen) atoms. The molecule has 0 saturated carbocycles. The van der Waals surface area contributed by atoms with Gasteiger partial charge in [-0.05, 0) is 12.1 Å². The van der Waals surface area contributed by atoms with Gasteiger partial charge in [0.05, 0.1) is 11.9 Å². The van der Waals surface area contributed by atoms with Gasteiger partial charge in [0, 0.05) is 16.3 Å². The Morgan fingerprint density at radius 2 is 1.81 bits per heavy atom. The summed E-state index contributed by atoms with van der Waals surface area (Å²) in [5.41, 5.74) is 4.53. The van der Waals surface area contributed by atoms with Crippen LogP contribution < -0.4 is 16.3 Å². The molecule has 3 aromatic rings. The summed E-state index contributed by atoms with van der Waals surface area (Å²) in [5, 5.41) is 16.6. The molecule has 0 spiro atoms. The van der Waals surface area contributed by atoms with Crippen molar-refractivity contribution in [2.45, 2.75) is 0 Å². The van der Waals surface area contributed by atoms with Crippen molar-refractivity contribution >= 4 is 34.3 Å². The monoisotopic (exact) mass is 276 g/mol. The number of hydrazone groups is 1. The molecule has 6 nitrogen and oxygen atoms in total. The van der Waals surface area contributed by atoms with Crippen molar-refractivity contribution in [3.8, 4) is 0 Å². The normalized spacial score (nSPS) is 12.7. The molecule has 1 aliphatic rings. The second-order valence-electron chi connectivity index (χ2n) is 4.68. The molecule has 0 bridgehead atoms. The van der Waals surface area contributed by atoms with E-state index in [2.05, 4.69) is 20.7 Å². The maximum absolute atomic E-state index is 5.52. The molecular weight excluding hydrogens is 264 g/mol. The number of hydrazine groups is 1. The number of nitrogens with two attached hydrogens (primary N) is 1. The summed E-state index contributed by atoms with van der Waals surface area (Å²) in [4.78, 5) is 0. The van der Waals surface area contributed by atoms with Crippen molar-refractivity contribution in [3.05, 3.63) is 54.1 Å². The van der Waals surface area contributed by atoms with E-state index in [0.717, 1.165) is 22.0 Å². The molecule has 0 amide bonds. The van der Waals surface area contributed by atoms with Gasteiger partial charge in [0.25, 0.3) is 0 Å². The molecule has 0 aliphatic carbocycles. The lowest BCUT2D eigenvalue weighted by Gasteiger charge is -2.23.